The predicted octanol–water partition coefficient (Wildman–Crippen LogP) is 2.59. The van der Waals surface area contributed by atoms with E-state index in [-0.39, 0.29) is 17.7 Å². The van der Waals surface area contributed by atoms with E-state index in [1.807, 2.05) is 24.3 Å². The van der Waals surface area contributed by atoms with Crippen molar-refractivity contribution < 1.29 is 19.1 Å². The number of likely N-dealkylation sites (tertiary alicyclic amines) is 1. The van der Waals surface area contributed by atoms with Gasteiger partial charge in [-0.05, 0) is 64.0 Å². The highest BCUT2D eigenvalue weighted by atomic mass is 16.6. The maximum Gasteiger partial charge on any atom is 0.408 e. The molecule has 8 heteroatoms. The maximum atomic E-state index is 13.1. The number of nitrogens with zero attached hydrogens (tertiary/aromatic N) is 1. The quantitative estimate of drug-likeness (QED) is 0.580. The molecule has 3 N–H and O–H groups in total. The summed E-state index contributed by atoms with van der Waals surface area (Å²) >= 11 is 0. The molecule has 1 saturated carbocycles. The predicted molar refractivity (Wildman–Crippen MR) is 117 cm³/mol. The highest BCUT2D eigenvalue weighted by molar-refractivity contribution is 5.96. The fraction of sp³-hybridized carbons (Fsp3) is 0.565. The van der Waals surface area contributed by atoms with E-state index in [0.29, 0.717) is 25.2 Å². The molecule has 3 rings (SSSR count). The monoisotopic (exact) mass is 428 g/mol. The minimum absolute atomic E-state index is 0.0974. The highest BCUT2D eigenvalue weighted by Crippen LogP contribution is 2.35. The van der Waals surface area contributed by atoms with Gasteiger partial charge < -0.3 is 25.7 Å². The Morgan fingerprint density at radius 3 is 2.29 bits per heavy atom. The topological polar surface area (TPSA) is 112 Å². The van der Waals surface area contributed by atoms with Crippen molar-refractivity contribution in [2.24, 2.45) is 5.92 Å². The lowest BCUT2D eigenvalue weighted by atomic mass is 9.99. The van der Waals surface area contributed by atoms with Gasteiger partial charge in [0.1, 0.15) is 17.7 Å². The molecule has 3 amide bonds. The van der Waals surface area contributed by atoms with Crippen LogP contribution in [-0.2, 0) is 20.9 Å². The third-order valence-corrected chi connectivity index (χ3v) is 5.49. The molecule has 1 aromatic carbocycles. The minimum Gasteiger partial charge on any atom is -0.444 e. The summed E-state index contributed by atoms with van der Waals surface area (Å²) in [5.41, 5.74) is 1.62. The van der Waals surface area contributed by atoms with Crippen molar-refractivity contribution in [3.63, 3.8) is 0 Å². The second-order valence-corrected chi connectivity index (χ2v) is 9.34. The molecule has 1 aliphatic carbocycles. The zero-order valence-electron chi connectivity index (χ0n) is 18.7. The molecule has 168 valence electrons. The number of alkyl carbamates (subject to hydrolysis) is 1. The second kappa shape index (κ2) is 9.08. The van der Waals surface area contributed by atoms with Gasteiger partial charge in [-0.2, -0.15) is 0 Å². The van der Waals surface area contributed by atoms with E-state index in [0.717, 1.165) is 24.0 Å². The summed E-state index contributed by atoms with van der Waals surface area (Å²) in [6.45, 7) is 7.91. The number of rotatable bonds is 7. The van der Waals surface area contributed by atoms with Gasteiger partial charge in [0.05, 0.1) is 0 Å². The number of carbonyl (C=O) groups excluding carboxylic acids is 3. The van der Waals surface area contributed by atoms with Gasteiger partial charge in [0, 0.05) is 18.8 Å². The number of ether oxygens (including phenoxy) is 1. The number of hydrogen-bond acceptors (Lipinski definition) is 5. The van der Waals surface area contributed by atoms with Crippen LogP contribution in [0, 0.1) is 11.3 Å². The third kappa shape index (κ3) is 6.06. The van der Waals surface area contributed by atoms with Crippen LogP contribution in [0.1, 0.15) is 58.1 Å². The van der Waals surface area contributed by atoms with Crippen molar-refractivity contribution in [2.45, 2.75) is 71.2 Å². The smallest absolute Gasteiger partial charge is 0.408 e. The lowest BCUT2D eigenvalue weighted by Crippen LogP contribution is -2.63. The molecule has 1 aliphatic heterocycles. The number of amides is 3. The number of benzene rings is 1. The molecule has 0 unspecified atom stereocenters. The summed E-state index contributed by atoms with van der Waals surface area (Å²) in [4.78, 5) is 39.4. The summed E-state index contributed by atoms with van der Waals surface area (Å²) in [5.74, 6) is -0.315. The standard InChI is InChI=1S/C23H32N4O4/c1-14(24)16-7-5-15(6-8-16)13-25-20(28)18-11-12-27(18)21(29)19(17-9-10-17)26-22(30)31-23(2,3)4/h5-8,17-19,24H,9-13H2,1-4H3,(H,25,28)(H,26,30)/t18-,19+/m0/s1. The molecule has 0 bridgehead atoms. The van der Waals surface area contributed by atoms with Crippen molar-refractivity contribution in [3.05, 3.63) is 35.4 Å². The lowest BCUT2D eigenvalue weighted by Gasteiger charge is -2.41. The highest BCUT2D eigenvalue weighted by Gasteiger charge is 2.45. The largest absolute Gasteiger partial charge is 0.444 e. The van der Waals surface area contributed by atoms with Crippen LogP contribution in [0.5, 0.6) is 0 Å². The van der Waals surface area contributed by atoms with Gasteiger partial charge in [0.25, 0.3) is 0 Å². The van der Waals surface area contributed by atoms with Crippen molar-refractivity contribution in [1.29, 1.82) is 5.41 Å². The van der Waals surface area contributed by atoms with Crippen LogP contribution in [-0.4, -0.2) is 52.7 Å². The number of nitrogens with one attached hydrogen (secondary N) is 3. The molecular formula is C23H32N4O4. The van der Waals surface area contributed by atoms with Gasteiger partial charge in [-0.15, -0.1) is 0 Å². The summed E-state index contributed by atoms with van der Waals surface area (Å²) in [7, 11) is 0. The minimum atomic E-state index is -0.651. The molecule has 31 heavy (non-hydrogen) atoms. The van der Waals surface area contributed by atoms with Crippen LogP contribution in [0.4, 0.5) is 4.79 Å². The molecule has 0 radical (unpaired) electrons. The molecule has 2 fully saturated rings. The molecule has 1 aromatic rings. The Hall–Kier alpha value is -2.90. The average Bonchev–Trinajstić information content (AvgIpc) is 3.47. The van der Waals surface area contributed by atoms with E-state index in [1.165, 1.54) is 0 Å². The lowest BCUT2D eigenvalue weighted by molar-refractivity contribution is -0.149. The Balaban J connectivity index is 1.55. The molecule has 2 atom stereocenters. The van der Waals surface area contributed by atoms with Gasteiger partial charge in [0.15, 0.2) is 0 Å². The van der Waals surface area contributed by atoms with E-state index in [4.69, 9.17) is 10.1 Å². The van der Waals surface area contributed by atoms with Crippen LogP contribution in [0.25, 0.3) is 0 Å². The van der Waals surface area contributed by atoms with Crippen LogP contribution < -0.4 is 10.6 Å². The van der Waals surface area contributed by atoms with Gasteiger partial charge in [-0.3, -0.25) is 9.59 Å². The fourth-order valence-electron chi connectivity index (χ4n) is 3.53. The molecule has 2 aliphatic rings. The van der Waals surface area contributed by atoms with E-state index in [1.54, 1.807) is 32.6 Å². The fourth-order valence-corrected chi connectivity index (χ4v) is 3.53. The summed E-state index contributed by atoms with van der Waals surface area (Å²) < 4.78 is 5.30. The third-order valence-electron chi connectivity index (χ3n) is 5.49. The maximum absolute atomic E-state index is 13.1. The molecule has 0 aromatic heterocycles. The molecule has 0 spiro atoms. The zero-order valence-corrected chi connectivity index (χ0v) is 18.7. The number of carbonyl (C=O) groups is 3. The molecular weight excluding hydrogens is 396 g/mol. The van der Waals surface area contributed by atoms with Crippen molar-refractivity contribution in [1.82, 2.24) is 15.5 Å². The Labute approximate surface area is 183 Å². The number of hydrogen-bond donors (Lipinski definition) is 3. The summed E-state index contributed by atoms with van der Waals surface area (Å²) in [5, 5.41) is 13.2. The van der Waals surface area contributed by atoms with Gasteiger partial charge in [0.2, 0.25) is 11.8 Å². The van der Waals surface area contributed by atoms with Crippen LogP contribution in [0.3, 0.4) is 0 Å². The Morgan fingerprint density at radius 1 is 1.16 bits per heavy atom. The first-order chi connectivity index (χ1) is 14.5. The van der Waals surface area contributed by atoms with E-state index in [2.05, 4.69) is 10.6 Å². The van der Waals surface area contributed by atoms with Crippen LogP contribution in [0.15, 0.2) is 24.3 Å². The van der Waals surface area contributed by atoms with Crippen molar-refractivity contribution >= 4 is 23.6 Å². The van der Waals surface area contributed by atoms with Gasteiger partial charge in [-0.1, -0.05) is 24.3 Å². The van der Waals surface area contributed by atoms with Crippen molar-refractivity contribution in [2.75, 3.05) is 6.54 Å². The average molecular weight is 429 g/mol. The van der Waals surface area contributed by atoms with E-state index >= 15 is 0 Å². The van der Waals surface area contributed by atoms with Crippen molar-refractivity contribution in [3.8, 4) is 0 Å². The SMILES string of the molecule is CC(=N)c1ccc(CNC(=O)[C@@H]2CCN2C(=O)[C@H](NC(=O)OC(C)(C)C)C2CC2)cc1. The Bertz CT molecular complexity index is 855. The summed E-state index contributed by atoms with van der Waals surface area (Å²) in [6.07, 6.45) is 1.75. The van der Waals surface area contributed by atoms with Gasteiger partial charge >= 0.3 is 6.09 Å². The first-order valence-electron chi connectivity index (χ1n) is 10.8. The van der Waals surface area contributed by atoms with Crippen LogP contribution in [0.2, 0.25) is 0 Å². The molecule has 1 heterocycles. The normalized spacial score (nSPS) is 19.1. The summed E-state index contributed by atoms with van der Waals surface area (Å²) in [6, 6.07) is 6.30. The van der Waals surface area contributed by atoms with Crippen LogP contribution >= 0.6 is 0 Å². The molecule has 1 saturated heterocycles. The second-order valence-electron chi connectivity index (χ2n) is 9.34. The zero-order chi connectivity index (χ0) is 22.8. The Morgan fingerprint density at radius 2 is 1.81 bits per heavy atom. The molecule has 8 nitrogen and oxygen atoms in total. The first-order valence-corrected chi connectivity index (χ1v) is 10.8. The first kappa shape index (κ1) is 22.8. The van der Waals surface area contributed by atoms with Gasteiger partial charge in [-0.25, -0.2) is 4.79 Å². The van der Waals surface area contributed by atoms with E-state index < -0.39 is 23.8 Å². The van der Waals surface area contributed by atoms with E-state index in [9.17, 15) is 14.4 Å². The Kier molecular flexibility index (Phi) is 6.67.